The third kappa shape index (κ3) is 2.47. The number of nitrogens with zero attached hydrogens (tertiary/aromatic N) is 3. The highest BCUT2D eigenvalue weighted by molar-refractivity contribution is 7.11. The molecule has 5 nitrogen and oxygen atoms in total. The number of aryl methyl sites for hydroxylation is 1. The first-order valence-electron chi connectivity index (χ1n) is 7.30. The summed E-state index contributed by atoms with van der Waals surface area (Å²) in [4.78, 5) is 24.1. The van der Waals surface area contributed by atoms with Gasteiger partial charge < -0.3 is 9.64 Å². The Kier molecular flexibility index (Phi) is 3.64. The lowest BCUT2D eigenvalue weighted by Gasteiger charge is -2.20. The van der Waals surface area contributed by atoms with Crippen molar-refractivity contribution in [3.8, 4) is 0 Å². The van der Waals surface area contributed by atoms with Crippen LogP contribution >= 0.6 is 11.3 Å². The number of carbonyl (C=O) groups excluding carboxylic acids is 1. The summed E-state index contributed by atoms with van der Waals surface area (Å²) in [5, 5.41) is 1.12. The maximum atomic E-state index is 12.2. The number of esters is 1. The van der Waals surface area contributed by atoms with Crippen LogP contribution < -0.4 is 4.90 Å². The molecule has 0 saturated carbocycles. The van der Waals surface area contributed by atoms with Gasteiger partial charge in [-0.05, 0) is 26.3 Å². The zero-order valence-corrected chi connectivity index (χ0v) is 14.0. The summed E-state index contributed by atoms with van der Waals surface area (Å²) in [6, 6.07) is 1.86. The summed E-state index contributed by atoms with van der Waals surface area (Å²) in [7, 11) is 1.94. The topological polar surface area (TPSA) is 55.3 Å². The summed E-state index contributed by atoms with van der Waals surface area (Å²) in [5.41, 5.74) is 0.883. The van der Waals surface area contributed by atoms with E-state index in [0.29, 0.717) is 17.9 Å². The lowest BCUT2D eigenvalue weighted by atomic mass is 9.97. The first kappa shape index (κ1) is 15.0. The molecule has 22 heavy (non-hydrogen) atoms. The van der Waals surface area contributed by atoms with E-state index in [0.717, 1.165) is 21.9 Å². The van der Waals surface area contributed by atoms with Crippen molar-refractivity contribution in [2.24, 2.45) is 0 Å². The van der Waals surface area contributed by atoms with E-state index >= 15 is 0 Å². The molecule has 0 N–H and O–H groups in total. The minimum Gasteiger partial charge on any atom is -0.451 e. The molecule has 0 radical (unpaired) electrons. The Morgan fingerprint density at radius 1 is 1.36 bits per heavy atom. The van der Waals surface area contributed by atoms with Gasteiger partial charge in [0, 0.05) is 29.9 Å². The molecular formula is C16H19N3O2S. The Hall–Kier alpha value is -1.95. The van der Waals surface area contributed by atoms with Gasteiger partial charge in [-0.25, -0.2) is 14.8 Å². The van der Waals surface area contributed by atoms with Crippen LogP contribution in [0.1, 0.15) is 46.6 Å². The Bertz CT molecular complexity index is 724. The first-order valence-corrected chi connectivity index (χ1v) is 8.11. The molecule has 0 spiro atoms. The molecule has 2 aromatic rings. The molecule has 1 aliphatic heterocycles. The van der Waals surface area contributed by atoms with Crippen LogP contribution in [0.5, 0.6) is 0 Å². The van der Waals surface area contributed by atoms with E-state index in [1.54, 1.807) is 17.5 Å². The standard InChI is InChI=1S/C16H19N3O2S/c1-5-12-18-8-10(22-12)9-19(4)14-13-11(6-7-17-14)16(2,3)21-15(13)20/h6-8H,5,9H2,1-4H3. The molecule has 0 fully saturated rings. The molecule has 0 atom stereocenters. The second kappa shape index (κ2) is 5.35. The van der Waals surface area contributed by atoms with Crippen molar-refractivity contribution in [2.75, 3.05) is 11.9 Å². The van der Waals surface area contributed by atoms with Crippen molar-refractivity contribution in [1.29, 1.82) is 0 Å². The molecule has 3 rings (SSSR count). The van der Waals surface area contributed by atoms with Gasteiger partial charge >= 0.3 is 5.97 Å². The second-order valence-electron chi connectivity index (χ2n) is 5.89. The molecule has 0 aliphatic carbocycles. The number of hydrogen-bond donors (Lipinski definition) is 0. The lowest BCUT2D eigenvalue weighted by molar-refractivity contribution is 0.00957. The molecule has 0 saturated heterocycles. The maximum Gasteiger partial charge on any atom is 0.343 e. The number of aromatic nitrogens is 2. The van der Waals surface area contributed by atoms with Crippen LogP contribution in [0.4, 0.5) is 5.82 Å². The molecule has 0 bridgehead atoms. The largest absolute Gasteiger partial charge is 0.451 e. The Labute approximate surface area is 134 Å². The minimum absolute atomic E-state index is 0.298. The Morgan fingerprint density at radius 3 is 2.82 bits per heavy atom. The average Bonchev–Trinajstić information content (AvgIpc) is 3.02. The first-order chi connectivity index (χ1) is 10.4. The SMILES string of the molecule is CCc1ncc(CN(C)c2nccc3c2C(=O)OC3(C)C)s1. The average molecular weight is 317 g/mol. The van der Waals surface area contributed by atoms with Crippen molar-refractivity contribution in [2.45, 2.75) is 39.3 Å². The van der Waals surface area contributed by atoms with Crippen molar-refractivity contribution >= 4 is 23.1 Å². The molecule has 0 unspecified atom stereocenters. The van der Waals surface area contributed by atoms with Gasteiger partial charge in [-0.15, -0.1) is 11.3 Å². The van der Waals surface area contributed by atoms with E-state index in [1.807, 2.05) is 38.1 Å². The monoisotopic (exact) mass is 317 g/mol. The number of anilines is 1. The molecular weight excluding hydrogens is 298 g/mol. The van der Waals surface area contributed by atoms with E-state index in [2.05, 4.69) is 16.9 Å². The fourth-order valence-electron chi connectivity index (χ4n) is 2.67. The normalized spacial score (nSPS) is 15.5. The summed E-state index contributed by atoms with van der Waals surface area (Å²) < 4.78 is 5.47. The zero-order valence-electron chi connectivity index (χ0n) is 13.2. The van der Waals surface area contributed by atoms with Crippen LogP contribution in [0.2, 0.25) is 0 Å². The minimum atomic E-state index is -0.592. The van der Waals surface area contributed by atoms with Gasteiger partial charge in [-0.1, -0.05) is 6.92 Å². The molecule has 3 heterocycles. The summed E-state index contributed by atoms with van der Waals surface area (Å²) in [6.45, 7) is 6.57. The van der Waals surface area contributed by atoms with Crippen LogP contribution in [0, 0.1) is 0 Å². The number of fused-ring (bicyclic) bond motifs is 1. The van der Waals surface area contributed by atoms with Gasteiger partial charge in [0.15, 0.2) is 0 Å². The number of hydrogen-bond acceptors (Lipinski definition) is 6. The van der Waals surface area contributed by atoms with Gasteiger partial charge in [-0.3, -0.25) is 0 Å². The van der Waals surface area contributed by atoms with Crippen molar-refractivity contribution in [3.05, 3.63) is 39.5 Å². The molecule has 6 heteroatoms. The number of carbonyl (C=O) groups is 1. The van der Waals surface area contributed by atoms with E-state index in [1.165, 1.54) is 0 Å². The van der Waals surface area contributed by atoms with Crippen LogP contribution in [-0.4, -0.2) is 23.0 Å². The number of rotatable bonds is 4. The fourth-order valence-corrected chi connectivity index (χ4v) is 3.59. The van der Waals surface area contributed by atoms with Crippen molar-refractivity contribution in [1.82, 2.24) is 9.97 Å². The smallest absolute Gasteiger partial charge is 0.343 e. The summed E-state index contributed by atoms with van der Waals surface area (Å²) in [5.74, 6) is 0.369. The highest BCUT2D eigenvalue weighted by atomic mass is 32.1. The lowest BCUT2D eigenvalue weighted by Crippen LogP contribution is -2.20. The third-order valence-electron chi connectivity index (χ3n) is 3.79. The van der Waals surface area contributed by atoms with Gasteiger partial charge in [0.25, 0.3) is 0 Å². The molecule has 116 valence electrons. The number of pyridine rings is 1. The maximum absolute atomic E-state index is 12.2. The van der Waals surface area contributed by atoms with E-state index in [-0.39, 0.29) is 5.97 Å². The van der Waals surface area contributed by atoms with Gasteiger partial charge in [0.2, 0.25) is 0 Å². The number of ether oxygens (including phenoxy) is 1. The summed E-state index contributed by atoms with van der Waals surface area (Å²) in [6.07, 6.45) is 4.57. The molecule has 1 aliphatic rings. The quantitative estimate of drug-likeness (QED) is 0.811. The highest BCUT2D eigenvalue weighted by Crippen LogP contribution is 2.39. The zero-order chi connectivity index (χ0) is 15.9. The number of cyclic esters (lactones) is 1. The van der Waals surface area contributed by atoms with E-state index < -0.39 is 5.60 Å². The predicted octanol–water partition coefficient (Wildman–Crippen LogP) is 3.14. The van der Waals surface area contributed by atoms with Crippen molar-refractivity contribution < 1.29 is 9.53 Å². The van der Waals surface area contributed by atoms with Gasteiger partial charge in [-0.2, -0.15) is 0 Å². The molecule has 0 aromatic carbocycles. The third-order valence-corrected chi connectivity index (χ3v) is 4.92. The van der Waals surface area contributed by atoms with E-state index in [9.17, 15) is 4.79 Å². The van der Waals surface area contributed by atoms with Crippen LogP contribution in [-0.2, 0) is 23.3 Å². The Morgan fingerprint density at radius 2 is 2.14 bits per heavy atom. The van der Waals surface area contributed by atoms with Crippen LogP contribution in [0.15, 0.2) is 18.5 Å². The van der Waals surface area contributed by atoms with Crippen molar-refractivity contribution in [3.63, 3.8) is 0 Å². The van der Waals surface area contributed by atoms with Gasteiger partial charge in [0.05, 0.1) is 11.6 Å². The molecule has 2 aromatic heterocycles. The van der Waals surface area contributed by atoms with Gasteiger partial charge in [0.1, 0.15) is 17.0 Å². The summed E-state index contributed by atoms with van der Waals surface area (Å²) >= 11 is 1.69. The Balaban J connectivity index is 1.92. The fraction of sp³-hybridized carbons (Fsp3) is 0.438. The predicted molar refractivity (Wildman–Crippen MR) is 86.3 cm³/mol. The second-order valence-corrected chi connectivity index (χ2v) is 7.09. The number of thiazole rings is 1. The van der Waals surface area contributed by atoms with E-state index in [4.69, 9.17) is 4.74 Å². The van der Waals surface area contributed by atoms with Crippen LogP contribution in [0.25, 0.3) is 0 Å². The molecule has 0 amide bonds. The highest BCUT2D eigenvalue weighted by Gasteiger charge is 2.40. The van der Waals surface area contributed by atoms with Crippen LogP contribution in [0.3, 0.4) is 0 Å².